The van der Waals surface area contributed by atoms with Gasteiger partial charge in [-0.05, 0) is 29.2 Å². The quantitative estimate of drug-likeness (QED) is 0.748. The van der Waals surface area contributed by atoms with Gasteiger partial charge in [-0.25, -0.2) is 9.18 Å². The van der Waals surface area contributed by atoms with E-state index >= 15 is 0 Å². The van der Waals surface area contributed by atoms with Gasteiger partial charge in [-0.1, -0.05) is 42.8 Å². The lowest BCUT2D eigenvalue weighted by molar-refractivity contribution is 0.0701. The van der Waals surface area contributed by atoms with E-state index in [2.05, 4.69) is 42.0 Å². The van der Waals surface area contributed by atoms with Gasteiger partial charge in [0, 0.05) is 28.0 Å². The van der Waals surface area contributed by atoms with E-state index in [0.717, 1.165) is 10.4 Å². The average Bonchev–Trinajstić information content (AvgIpc) is 2.85. The highest BCUT2D eigenvalue weighted by molar-refractivity contribution is 9.10. The molecule has 0 atom stereocenters. The van der Waals surface area contributed by atoms with E-state index in [0.29, 0.717) is 28.0 Å². The first-order chi connectivity index (χ1) is 10.7. The molecule has 0 bridgehead atoms. The van der Waals surface area contributed by atoms with E-state index in [1.807, 2.05) is 6.07 Å². The molecule has 0 radical (unpaired) electrons. The summed E-state index contributed by atoms with van der Waals surface area (Å²) in [5.74, 6) is -1.21. The second-order valence-electron chi connectivity index (χ2n) is 6.36. The second-order valence-corrected chi connectivity index (χ2v) is 8.33. The first-order valence-corrected chi connectivity index (χ1v) is 8.80. The van der Waals surface area contributed by atoms with E-state index in [9.17, 15) is 14.3 Å². The Hall–Kier alpha value is -1.24. The van der Waals surface area contributed by atoms with Crippen LogP contribution in [0, 0.1) is 5.82 Å². The Kier molecular flexibility index (Phi) is 5.60. The molecule has 0 saturated heterocycles. The fourth-order valence-corrected chi connectivity index (χ4v) is 3.52. The first kappa shape index (κ1) is 18.1. The summed E-state index contributed by atoms with van der Waals surface area (Å²) in [5, 5.41) is 12.5. The van der Waals surface area contributed by atoms with Crippen LogP contribution in [0.15, 0.2) is 28.7 Å². The minimum Gasteiger partial charge on any atom is -0.477 e. The average molecular weight is 400 g/mol. The Morgan fingerprint density at radius 2 is 1.91 bits per heavy atom. The van der Waals surface area contributed by atoms with Gasteiger partial charge in [-0.3, -0.25) is 0 Å². The van der Waals surface area contributed by atoms with E-state index < -0.39 is 5.97 Å². The molecule has 0 aliphatic rings. The van der Waals surface area contributed by atoms with Crippen LogP contribution in [0.5, 0.6) is 0 Å². The zero-order valence-electron chi connectivity index (χ0n) is 13.2. The summed E-state index contributed by atoms with van der Waals surface area (Å²) in [7, 11) is 0. The van der Waals surface area contributed by atoms with Gasteiger partial charge in [0.15, 0.2) is 0 Å². The van der Waals surface area contributed by atoms with Gasteiger partial charge >= 0.3 is 5.97 Å². The standard InChI is InChI=1S/C17H19BrFNO2S/c1-17(2,3)14-6-11(15(23-14)16(21)22)9-20-8-10-4-5-12(18)7-13(10)19/h4-7,20H,8-9H2,1-3H3,(H,21,22). The van der Waals surface area contributed by atoms with Crippen molar-refractivity contribution in [2.75, 3.05) is 0 Å². The van der Waals surface area contributed by atoms with Gasteiger partial charge in [-0.15, -0.1) is 11.3 Å². The van der Waals surface area contributed by atoms with Gasteiger partial charge in [0.1, 0.15) is 10.7 Å². The van der Waals surface area contributed by atoms with Crippen LogP contribution in [0.2, 0.25) is 0 Å². The molecule has 0 aliphatic carbocycles. The predicted molar refractivity (Wildman–Crippen MR) is 94.6 cm³/mol. The van der Waals surface area contributed by atoms with Crippen LogP contribution in [-0.4, -0.2) is 11.1 Å². The number of carbonyl (C=O) groups is 1. The van der Waals surface area contributed by atoms with Gasteiger partial charge in [0.05, 0.1) is 0 Å². The second kappa shape index (κ2) is 7.11. The normalized spacial score (nSPS) is 11.7. The number of halogens is 2. The molecule has 2 aromatic rings. The van der Waals surface area contributed by atoms with Crippen LogP contribution in [0.1, 0.15) is 46.4 Å². The lowest BCUT2D eigenvalue weighted by atomic mass is 9.94. The van der Waals surface area contributed by atoms with Crippen molar-refractivity contribution in [1.29, 1.82) is 0 Å². The number of rotatable bonds is 5. The van der Waals surface area contributed by atoms with Gasteiger partial charge in [0.25, 0.3) is 0 Å². The Morgan fingerprint density at radius 3 is 2.48 bits per heavy atom. The molecule has 2 rings (SSSR count). The molecule has 3 nitrogen and oxygen atoms in total. The number of benzene rings is 1. The molecule has 2 N–H and O–H groups in total. The predicted octanol–water partition coefficient (Wildman–Crippen LogP) is 4.94. The number of nitrogens with one attached hydrogen (secondary N) is 1. The summed E-state index contributed by atoms with van der Waals surface area (Å²) >= 11 is 4.53. The highest BCUT2D eigenvalue weighted by Gasteiger charge is 2.22. The highest BCUT2D eigenvalue weighted by atomic mass is 79.9. The minimum absolute atomic E-state index is 0.0923. The SMILES string of the molecule is CC(C)(C)c1cc(CNCc2ccc(Br)cc2F)c(C(=O)O)s1. The fraction of sp³-hybridized carbons (Fsp3) is 0.353. The number of thiophene rings is 1. The molecule has 1 heterocycles. The molecule has 6 heteroatoms. The van der Waals surface area contributed by atoms with Gasteiger partial charge in [0.2, 0.25) is 0 Å². The monoisotopic (exact) mass is 399 g/mol. The zero-order chi connectivity index (χ0) is 17.2. The molecule has 0 spiro atoms. The molecular formula is C17H19BrFNO2S. The number of aromatic carboxylic acids is 1. The lowest BCUT2D eigenvalue weighted by Crippen LogP contribution is -2.15. The van der Waals surface area contributed by atoms with Gasteiger partial charge < -0.3 is 10.4 Å². The summed E-state index contributed by atoms with van der Waals surface area (Å²) in [6.45, 7) is 6.90. The number of carboxylic acids is 1. The molecule has 0 amide bonds. The van der Waals surface area contributed by atoms with E-state index in [1.54, 1.807) is 12.1 Å². The molecule has 1 aromatic carbocycles. The summed E-state index contributed by atoms with van der Waals surface area (Å²) in [5.41, 5.74) is 1.20. The van der Waals surface area contributed by atoms with Crippen LogP contribution in [0.4, 0.5) is 4.39 Å². The largest absolute Gasteiger partial charge is 0.477 e. The fourth-order valence-electron chi connectivity index (χ4n) is 2.11. The maximum absolute atomic E-state index is 13.8. The maximum Gasteiger partial charge on any atom is 0.346 e. The third-order valence-electron chi connectivity index (χ3n) is 3.39. The molecule has 0 aliphatic heterocycles. The molecule has 0 unspecified atom stereocenters. The van der Waals surface area contributed by atoms with E-state index in [1.165, 1.54) is 17.4 Å². The molecule has 0 fully saturated rings. The van der Waals surface area contributed by atoms with Crippen molar-refractivity contribution >= 4 is 33.2 Å². The van der Waals surface area contributed by atoms with Crippen LogP contribution in [-0.2, 0) is 18.5 Å². The summed E-state index contributed by atoms with van der Waals surface area (Å²) in [4.78, 5) is 12.8. The minimum atomic E-state index is -0.919. The van der Waals surface area contributed by atoms with Crippen molar-refractivity contribution in [3.05, 3.63) is 55.4 Å². The van der Waals surface area contributed by atoms with Crippen LogP contribution >= 0.6 is 27.3 Å². The summed E-state index contributed by atoms with van der Waals surface area (Å²) in [6.07, 6.45) is 0. The maximum atomic E-state index is 13.8. The van der Waals surface area contributed by atoms with Crippen LogP contribution in [0.25, 0.3) is 0 Å². The Morgan fingerprint density at radius 1 is 1.26 bits per heavy atom. The van der Waals surface area contributed by atoms with Crippen molar-refractivity contribution in [3.63, 3.8) is 0 Å². The van der Waals surface area contributed by atoms with Crippen molar-refractivity contribution < 1.29 is 14.3 Å². The summed E-state index contributed by atoms with van der Waals surface area (Å²) in [6, 6.07) is 6.84. The molecular weight excluding hydrogens is 381 g/mol. The molecule has 23 heavy (non-hydrogen) atoms. The summed E-state index contributed by atoms with van der Waals surface area (Å²) < 4.78 is 14.5. The van der Waals surface area contributed by atoms with Crippen molar-refractivity contribution in [1.82, 2.24) is 5.32 Å². The van der Waals surface area contributed by atoms with Crippen molar-refractivity contribution in [2.45, 2.75) is 39.3 Å². The van der Waals surface area contributed by atoms with Crippen LogP contribution < -0.4 is 5.32 Å². The lowest BCUT2D eigenvalue weighted by Gasteiger charge is -2.15. The Labute approximate surface area is 147 Å². The molecule has 124 valence electrons. The topological polar surface area (TPSA) is 49.3 Å². The molecule has 0 saturated carbocycles. The van der Waals surface area contributed by atoms with Gasteiger partial charge in [-0.2, -0.15) is 0 Å². The first-order valence-electron chi connectivity index (χ1n) is 7.19. The van der Waals surface area contributed by atoms with Crippen molar-refractivity contribution in [3.8, 4) is 0 Å². The number of hydrogen-bond acceptors (Lipinski definition) is 3. The Bertz CT molecular complexity index is 722. The highest BCUT2D eigenvalue weighted by Crippen LogP contribution is 2.32. The number of hydrogen-bond donors (Lipinski definition) is 2. The zero-order valence-corrected chi connectivity index (χ0v) is 15.6. The smallest absolute Gasteiger partial charge is 0.346 e. The third-order valence-corrected chi connectivity index (χ3v) is 5.47. The van der Waals surface area contributed by atoms with Crippen LogP contribution in [0.3, 0.4) is 0 Å². The van der Waals surface area contributed by atoms with E-state index in [4.69, 9.17) is 0 Å². The van der Waals surface area contributed by atoms with Crippen molar-refractivity contribution in [2.24, 2.45) is 0 Å². The number of carboxylic acid groups (broad SMARTS) is 1. The van der Waals surface area contributed by atoms with E-state index in [-0.39, 0.29) is 11.2 Å². The molecule has 1 aromatic heterocycles. The Balaban J connectivity index is 2.10. The third kappa shape index (κ3) is 4.62.